The van der Waals surface area contributed by atoms with Crippen LogP contribution in [0.15, 0.2) is 24.3 Å². The molecule has 1 aliphatic heterocycles. The lowest BCUT2D eigenvalue weighted by molar-refractivity contribution is 0.168. The van der Waals surface area contributed by atoms with Gasteiger partial charge in [0.15, 0.2) is 5.82 Å². The van der Waals surface area contributed by atoms with Crippen LogP contribution < -0.4 is 4.90 Å². The van der Waals surface area contributed by atoms with Crippen molar-refractivity contribution in [1.29, 1.82) is 0 Å². The number of rotatable bonds is 3. The molecule has 3 aromatic rings. The van der Waals surface area contributed by atoms with Gasteiger partial charge in [0.1, 0.15) is 11.3 Å². The van der Waals surface area contributed by atoms with Crippen LogP contribution in [0.2, 0.25) is 0 Å². The number of aliphatic hydroxyl groups is 1. The summed E-state index contributed by atoms with van der Waals surface area (Å²) >= 11 is 0. The number of hydrogen-bond donors (Lipinski definition) is 1. The largest absolute Gasteiger partial charge is 0.387 e. The van der Waals surface area contributed by atoms with Gasteiger partial charge < -0.3 is 10.0 Å². The maximum Gasteiger partial charge on any atom is 0.152 e. The molecule has 3 heterocycles. The monoisotopic (exact) mass is 372 g/mol. The smallest absolute Gasteiger partial charge is 0.152 e. The molecule has 4 rings (SSSR count). The fraction of sp³-hybridized carbons (Fsp3) is 0.400. The molecule has 0 saturated heterocycles. The van der Waals surface area contributed by atoms with Crippen molar-refractivity contribution in [3.63, 3.8) is 0 Å². The summed E-state index contributed by atoms with van der Waals surface area (Å²) in [5.74, 6) is -1.26. The lowest BCUT2D eigenvalue weighted by atomic mass is 10.1. The second kappa shape index (κ2) is 6.88. The first-order chi connectivity index (χ1) is 13.0. The van der Waals surface area contributed by atoms with Crippen molar-refractivity contribution >= 4 is 16.6 Å². The van der Waals surface area contributed by atoms with Crippen molar-refractivity contribution in [3.05, 3.63) is 53.0 Å². The van der Waals surface area contributed by atoms with E-state index >= 15 is 0 Å². The van der Waals surface area contributed by atoms with E-state index < -0.39 is 17.7 Å². The van der Waals surface area contributed by atoms with E-state index in [1.807, 2.05) is 30.7 Å². The van der Waals surface area contributed by atoms with Gasteiger partial charge in [0.2, 0.25) is 0 Å². The first kappa shape index (κ1) is 17.9. The van der Waals surface area contributed by atoms with Crippen LogP contribution in [0.5, 0.6) is 0 Å². The summed E-state index contributed by atoms with van der Waals surface area (Å²) in [4.78, 5) is 6.37. The Morgan fingerprint density at radius 3 is 2.78 bits per heavy atom. The second-order valence-electron chi connectivity index (χ2n) is 7.05. The zero-order valence-corrected chi connectivity index (χ0v) is 15.4. The summed E-state index contributed by atoms with van der Waals surface area (Å²) in [7, 11) is 0. The predicted octanol–water partition coefficient (Wildman–Crippen LogP) is 3.87. The third-order valence-corrected chi connectivity index (χ3v) is 5.04. The number of nitrogens with zero attached hydrogens (tertiary/aromatic N) is 4. The molecule has 0 amide bonds. The average molecular weight is 372 g/mol. The number of benzene rings is 1. The Morgan fingerprint density at radius 2 is 2.00 bits per heavy atom. The third kappa shape index (κ3) is 3.27. The van der Waals surface area contributed by atoms with Gasteiger partial charge in [-0.15, -0.1) is 0 Å². The number of aliphatic hydroxyl groups excluding tert-OH is 1. The van der Waals surface area contributed by atoms with Crippen LogP contribution in [0.25, 0.3) is 10.9 Å². The molecule has 1 aromatic carbocycles. The molecule has 1 N–H and O–H groups in total. The topological polar surface area (TPSA) is 54.2 Å². The van der Waals surface area contributed by atoms with E-state index in [-0.39, 0.29) is 5.52 Å². The van der Waals surface area contributed by atoms with Gasteiger partial charge in [-0.2, -0.15) is 5.10 Å². The van der Waals surface area contributed by atoms with Crippen LogP contribution in [-0.2, 0) is 13.1 Å². The minimum absolute atomic E-state index is 0.186. The summed E-state index contributed by atoms with van der Waals surface area (Å²) in [6.45, 7) is 5.76. The third-order valence-electron chi connectivity index (χ3n) is 5.04. The van der Waals surface area contributed by atoms with Gasteiger partial charge in [-0.1, -0.05) is 6.92 Å². The molecule has 0 aliphatic carbocycles. The summed E-state index contributed by atoms with van der Waals surface area (Å²) in [5.41, 5.74) is 3.29. The van der Waals surface area contributed by atoms with Gasteiger partial charge in [-0.25, -0.2) is 13.8 Å². The maximum atomic E-state index is 14.3. The summed E-state index contributed by atoms with van der Waals surface area (Å²) in [6.07, 6.45) is 0.870. The highest BCUT2D eigenvalue weighted by molar-refractivity contribution is 5.92. The first-order valence-corrected chi connectivity index (χ1v) is 9.22. The first-order valence-electron chi connectivity index (χ1n) is 9.22. The molecular formula is C20H22F2N4O. The van der Waals surface area contributed by atoms with Crippen LogP contribution >= 0.6 is 0 Å². The van der Waals surface area contributed by atoms with E-state index in [0.717, 1.165) is 37.0 Å². The van der Waals surface area contributed by atoms with E-state index in [2.05, 4.69) is 15.0 Å². The molecule has 0 bridgehead atoms. The molecule has 0 fully saturated rings. The zero-order chi connectivity index (χ0) is 19.1. The average Bonchev–Trinajstić information content (AvgIpc) is 2.93. The summed E-state index contributed by atoms with van der Waals surface area (Å²) in [6, 6.07) is 6.00. The molecule has 1 atom stereocenters. The summed E-state index contributed by atoms with van der Waals surface area (Å²) in [5, 5.41) is 15.1. The SMILES string of the molecule is CC[C@@H](O)c1cc2n(n1)CCCN(c1cc(C)nc3c(F)cc(F)cc13)C2. The van der Waals surface area contributed by atoms with E-state index in [9.17, 15) is 13.9 Å². The van der Waals surface area contributed by atoms with E-state index in [0.29, 0.717) is 29.7 Å². The van der Waals surface area contributed by atoms with Gasteiger partial charge in [0, 0.05) is 35.9 Å². The Labute approximate surface area is 156 Å². The van der Waals surface area contributed by atoms with Crippen LogP contribution in [0, 0.1) is 18.6 Å². The second-order valence-corrected chi connectivity index (χ2v) is 7.05. The number of pyridine rings is 1. The molecule has 0 saturated carbocycles. The molecular weight excluding hydrogens is 350 g/mol. The van der Waals surface area contributed by atoms with E-state index in [1.165, 1.54) is 6.07 Å². The standard InChI is InChI=1S/C20H22F2N4O/c1-3-19(27)17-10-14-11-25(5-4-6-26(14)24-17)18-7-12(2)23-20-15(18)8-13(21)9-16(20)22/h7-10,19,27H,3-6,11H2,1-2H3/t19-/m1/s1. The molecule has 0 spiro atoms. The van der Waals surface area contributed by atoms with Crippen molar-refractivity contribution in [1.82, 2.24) is 14.8 Å². The van der Waals surface area contributed by atoms with E-state index in [1.54, 1.807) is 0 Å². The molecule has 27 heavy (non-hydrogen) atoms. The van der Waals surface area contributed by atoms with Gasteiger partial charge >= 0.3 is 0 Å². The molecule has 2 aromatic heterocycles. The summed E-state index contributed by atoms with van der Waals surface area (Å²) < 4.78 is 30.1. The minimum atomic E-state index is -0.650. The highest BCUT2D eigenvalue weighted by Crippen LogP contribution is 2.32. The Hall–Kier alpha value is -2.54. The molecule has 7 heteroatoms. The van der Waals surface area contributed by atoms with Crippen LogP contribution in [-0.4, -0.2) is 26.4 Å². The maximum absolute atomic E-state index is 14.3. The number of fused-ring (bicyclic) bond motifs is 2. The van der Waals surface area contributed by atoms with Crippen LogP contribution in [0.1, 0.15) is 43.0 Å². The molecule has 0 unspecified atom stereocenters. The van der Waals surface area contributed by atoms with Crippen molar-refractivity contribution in [2.75, 3.05) is 11.4 Å². The fourth-order valence-electron chi connectivity index (χ4n) is 3.68. The van der Waals surface area contributed by atoms with Crippen molar-refractivity contribution in [2.24, 2.45) is 0 Å². The number of hydrogen-bond acceptors (Lipinski definition) is 4. The van der Waals surface area contributed by atoms with Gasteiger partial charge in [-0.3, -0.25) is 4.68 Å². The highest BCUT2D eigenvalue weighted by Gasteiger charge is 2.22. The quantitative estimate of drug-likeness (QED) is 0.758. The lowest BCUT2D eigenvalue weighted by Crippen LogP contribution is -2.23. The minimum Gasteiger partial charge on any atom is -0.387 e. The van der Waals surface area contributed by atoms with Crippen molar-refractivity contribution in [3.8, 4) is 0 Å². The van der Waals surface area contributed by atoms with Gasteiger partial charge in [-0.05, 0) is 38.0 Å². The Morgan fingerprint density at radius 1 is 1.19 bits per heavy atom. The normalized spacial score (nSPS) is 15.7. The fourth-order valence-corrected chi connectivity index (χ4v) is 3.68. The lowest BCUT2D eigenvalue weighted by Gasteiger charge is -2.24. The van der Waals surface area contributed by atoms with Crippen molar-refractivity contribution in [2.45, 2.75) is 45.9 Å². The molecule has 142 valence electrons. The Balaban J connectivity index is 1.78. The molecule has 0 radical (unpaired) electrons. The molecule has 1 aliphatic rings. The zero-order valence-electron chi connectivity index (χ0n) is 15.4. The van der Waals surface area contributed by atoms with Crippen LogP contribution in [0.3, 0.4) is 0 Å². The number of aromatic nitrogens is 3. The molecule has 5 nitrogen and oxygen atoms in total. The predicted molar refractivity (Wildman–Crippen MR) is 99.5 cm³/mol. The number of halogens is 2. The van der Waals surface area contributed by atoms with Crippen molar-refractivity contribution < 1.29 is 13.9 Å². The van der Waals surface area contributed by atoms with Gasteiger partial charge in [0.25, 0.3) is 0 Å². The van der Waals surface area contributed by atoms with E-state index in [4.69, 9.17) is 0 Å². The number of aryl methyl sites for hydroxylation is 2. The van der Waals surface area contributed by atoms with Crippen LogP contribution in [0.4, 0.5) is 14.5 Å². The Bertz CT molecular complexity index is 1000. The highest BCUT2D eigenvalue weighted by atomic mass is 19.1. The van der Waals surface area contributed by atoms with Gasteiger partial charge in [0.05, 0.1) is 24.0 Å². The Kier molecular flexibility index (Phi) is 4.55. The number of anilines is 1.